The number of amides is 1. The normalized spacial score (nSPS) is 23.8. The van der Waals surface area contributed by atoms with Crippen LogP contribution in [0.1, 0.15) is 41.9 Å². The lowest BCUT2D eigenvalue weighted by Crippen LogP contribution is -2.54. The first-order chi connectivity index (χ1) is 16.5. The summed E-state index contributed by atoms with van der Waals surface area (Å²) >= 11 is 12.6. The fourth-order valence-corrected chi connectivity index (χ4v) is 6.31. The number of rotatable bonds is 5. The molecule has 8 heteroatoms. The summed E-state index contributed by atoms with van der Waals surface area (Å²) in [5, 5.41) is 7.90. The van der Waals surface area contributed by atoms with Crippen LogP contribution < -0.4 is 5.32 Å². The van der Waals surface area contributed by atoms with Gasteiger partial charge < -0.3 is 10.1 Å². The van der Waals surface area contributed by atoms with Crippen LogP contribution in [0.4, 0.5) is 5.69 Å². The summed E-state index contributed by atoms with van der Waals surface area (Å²) in [6.45, 7) is 1.53. The number of anilines is 1. The highest BCUT2D eigenvalue weighted by molar-refractivity contribution is 7.78. The van der Waals surface area contributed by atoms with E-state index in [1.165, 1.54) is 15.6 Å². The van der Waals surface area contributed by atoms with Crippen LogP contribution in [0, 0.1) is 0 Å². The van der Waals surface area contributed by atoms with Crippen molar-refractivity contribution in [3.05, 3.63) is 87.1 Å². The van der Waals surface area contributed by atoms with E-state index in [1.807, 2.05) is 41.1 Å². The number of thiol groups is 1. The maximum atomic E-state index is 13.7. The van der Waals surface area contributed by atoms with Gasteiger partial charge in [0.2, 0.25) is 5.91 Å². The summed E-state index contributed by atoms with van der Waals surface area (Å²) in [7, 11) is 0. The Bertz CT molecular complexity index is 1180. The molecule has 5 rings (SSSR count). The van der Waals surface area contributed by atoms with Crippen LogP contribution in [0.3, 0.4) is 0 Å². The SMILES string of the molecule is O=C1CC(c2ccc(NC3CCOCC3)cc2)(c2ccsc2)N(S)C(=O)C1c1ccccc1Cl. The fraction of sp³-hybridized carbons (Fsp3) is 0.308. The number of carbonyl (C=O) groups is 2. The number of piperidine rings is 1. The standard InChI is InChI=1S/C26H25ClN2O3S2/c27-22-4-2-1-3-21(22)24-23(30)15-26(29(33)25(24)31,18-11-14-34-16-18)17-5-7-19(8-6-17)28-20-9-12-32-13-10-20/h1-8,11,14,16,20,24,28,33H,9-10,12-13,15H2. The molecule has 2 atom stereocenters. The number of thiophene rings is 1. The van der Waals surface area contributed by atoms with E-state index in [1.54, 1.807) is 24.3 Å². The van der Waals surface area contributed by atoms with Crippen molar-refractivity contribution < 1.29 is 14.3 Å². The molecule has 2 aliphatic rings. The first-order valence-electron chi connectivity index (χ1n) is 11.3. The van der Waals surface area contributed by atoms with E-state index < -0.39 is 11.5 Å². The number of Topliss-reactive ketones (excluding diaryl/α,β-unsaturated/α-hetero) is 1. The van der Waals surface area contributed by atoms with Gasteiger partial charge in [-0.1, -0.05) is 54.7 Å². The molecule has 3 aromatic rings. The molecule has 1 amide bonds. The monoisotopic (exact) mass is 512 g/mol. The largest absolute Gasteiger partial charge is 0.382 e. The van der Waals surface area contributed by atoms with Crippen molar-refractivity contribution in [1.29, 1.82) is 0 Å². The van der Waals surface area contributed by atoms with E-state index in [-0.39, 0.29) is 18.1 Å². The average molecular weight is 513 g/mol. The average Bonchev–Trinajstić information content (AvgIpc) is 3.39. The molecule has 0 aliphatic carbocycles. The van der Waals surface area contributed by atoms with Crippen LogP contribution in [-0.4, -0.2) is 35.3 Å². The van der Waals surface area contributed by atoms with Gasteiger partial charge in [-0.3, -0.25) is 13.9 Å². The highest BCUT2D eigenvalue weighted by Crippen LogP contribution is 2.48. The Kier molecular flexibility index (Phi) is 6.71. The first-order valence-corrected chi connectivity index (χ1v) is 13.0. The van der Waals surface area contributed by atoms with Crippen molar-refractivity contribution >= 4 is 53.1 Å². The van der Waals surface area contributed by atoms with Gasteiger partial charge in [-0.15, -0.1) is 0 Å². The van der Waals surface area contributed by atoms with Crippen LogP contribution in [0.15, 0.2) is 65.4 Å². The van der Waals surface area contributed by atoms with Crippen LogP contribution in [0.25, 0.3) is 0 Å². The smallest absolute Gasteiger partial charge is 0.248 e. The fourth-order valence-electron chi connectivity index (χ4n) is 4.93. The zero-order valence-corrected chi connectivity index (χ0v) is 20.9. The van der Waals surface area contributed by atoms with E-state index in [9.17, 15) is 9.59 Å². The summed E-state index contributed by atoms with van der Waals surface area (Å²) in [6, 6.07) is 17.3. The lowest BCUT2D eigenvalue weighted by molar-refractivity contribution is -0.142. The predicted molar refractivity (Wildman–Crippen MR) is 139 cm³/mol. The molecule has 0 spiro atoms. The molecule has 3 heterocycles. The number of nitrogens with zero attached hydrogens (tertiary/aromatic N) is 1. The number of hydrogen-bond acceptors (Lipinski definition) is 6. The highest BCUT2D eigenvalue weighted by atomic mass is 35.5. The van der Waals surface area contributed by atoms with Crippen LogP contribution in [0.2, 0.25) is 5.02 Å². The van der Waals surface area contributed by atoms with Crippen molar-refractivity contribution in [3.8, 4) is 0 Å². The minimum absolute atomic E-state index is 0.113. The van der Waals surface area contributed by atoms with E-state index in [0.717, 1.165) is 42.9 Å². The molecule has 2 saturated heterocycles. The van der Waals surface area contributed by atoms with Crippen molar-refractivity contribution in [2.24, 2.45) is 0 Å². The number of ether oxygens (including phenoxy) is 1. The van der Waals surface area contributed by atoms with Crippen LogP contribution in [0.5, 0.6) is 0 Å². The van der Waals surface area contributed by atoms with Gasteiger partial charge in [0.25, 0.3) is 0 Å². The maximum absolute atomic E-state index is 13.7. The second kappa shape index (κ2) is 9.74. The third kappa shape index (κ3) is 4.15. The number of benzene rings is 2. The summed E-state index contributed by atoms with van der Waals surface area (Å²) < 4.78 is 6.88. The minimum atomic E-state index is -0.994. The predicted octanol–water partition coefficient (Wildman–Crippen LogP) is 5.67. The molecule has 176 valence electrons. The third-order valence-corrected chi connectivity index (χ3v) is 8.30. The second-order valence-electron chi connectivity index (χ2n) is 8.73. The Hall–Kier alpha value is -2.32. The van der Waals surface area contributed by atoms with Gasteiger partial charge in [-0.25, -0.2) is 0 Å². The Balaban J connectivity index is 1.50. The van der Waals surface area contributed by atoms with Crippen LogP contribution in [-0.2, 0) is 19.9 Å². The molecule has 2 unspecified atom stereocenters. The molecular formula is C26H25ClN2O3S2. The van der Waals surface area contributed by atoms with Gasteiger partial charge in [0.05, 0.1) is 0 Å². The highest BCUT2D eigenvalue weighted by Gasteiger charge is 2.52. The lowest BCUT2D eigenvalue weighted by atomic mass is 9.73. The topological polar surface area (TPSA) is 58.6 Å². The van der Waals surface area contributed by atoms with E-state index in [4.69, 9.17) is 29.2 Å². The molecule has 2 aliphatic heterocycles. The van der Waals surface area contributed by atoms with Crippen molar-refractivity contribution in [3.63, 3.8) is 0 Å². The molecule has 0 radical (unpaired) electrons. The zero-order valence-electron chi connectivity index (χ0n) is 18.4. The van der Waals surface area contributed by atoms with E-state index in [0.29, 0.717) is 16.6 Å². The number of nitrogens with one attached hydrogen (secondary N) is 1. The lowest BCUT2D eigenvalue weighted by Gasteiger charge is -2.46. The number of carbonyl (C=O) groups excluding carboxylic acids is 2. The Morgan fingerprint density at radius 1 is 1.03 bits per heavy atom. The van der Waals surface area contributed by atoms with Crippen molar-refractivity contribution in [1.82, 2.24) is 4.31 Å². The number of hydrogen-bond donors (Lipinski definition) is 2. The molecular weight excluding hydrogens is 488 g/mol. The van der Waals surface area contributed by atoms with Gasteiger partial charge in [-0.05, 0) is 64.6 Å². The molecule has 0 bridgehead atoms. The second-order valence-corrected chi connectivity index (χ2v) is 10.3. The summed E-state index contributed by atoms with van der Waals surface area (Å²) in [6.07, 6.45) is 2.05. The van der Waals surface area contributed by atoms with Crippen molar-refractivity contribution in [2.45, 2.75) is 36.8 Å². The molecule has 5 nitrogen and oxygen atoms in total. The van der Waals surface area contributed by atoms with Gasteiger partial charge in [0.1, 0.15) is 11.5 Å². The zero-order chi connectivity index (χ0) is 23.7. The molecule has 1 aromatic heterocycles. The van der Waals surface area contributed by atoms with Crippen molar-refractivity contribution in [2.75, 3.05) is 18.5 Å². The van der Waals surface area contributed by atoms with Crippen LogP contribution >= 0.6 is 35.8 Å². The van der Waals surface area contributed by atoms with Gasteiger partial charge in [-0.2, -0.15) is 11.3 Å². The molecule has 1 N–H and O–H groups in total. The first kappa shape index (κ1) is 23.4. The Labute approximate surface area is 213 Å². The Morgan fingerprint density at radius 2 is 1.76 bits per heavy atom. The Morgan fingerprint density at radius 3 is 2.44 bits per heavy atom. The summed E-state index contributed by atoms with van der Waals surface area (Å²) in [4.78, 5) is 27.2. The van der Waals surface area contributed by atoms with Gasteiger partial charge >= 0.3 is 0 Å². The summed E-state index contributed by atoms with van der Waals surface area (Å²) in [5.74, 6) is -1.50. The molecule has 34 heavy (non-hydrogen) atoms. The van der Waals surface area contributed by atoms with Gasteiger partial charge in [0, 0.05) is 36.4 Å². The van der Waals surface area contributed by atoms with E-state index >= 15 is 0 Å². The number of ketones is 1. The molecule has 2 aromatic carbocycles. The quantitative estimate of drug-likeness (QED) is 0.342. The van der Waals surface area contributed by atoms with Gasteiger partial charge in [0.15, 0.2) is 5.78 Å². The minimum Gasteiger partial charge on any atom is -0.382 e. The molecule has 0 saturated carbocycles. The number of halogens is 1. The molecule has 2 fully saturated rings. The van der Waals surface area contributed by atoms with E-state index in [2.05, 4.69) is 5.32 Å². The summed E-state index contributed by atoms with van der Waals surface area (Å²) in [5.41, 5.74) is 2.25. The maximum Gasteiger partial charge on any atom is 0.248 e. The third-order valence-electron chi connectivity index (χ3n) is 6.74.